The molecule has 1 aromatic carbocycles. The molecule has 2 heterocycles. The molecule has 25 heavy (non-hydrogen) atoms. The van der Waals surface area contributed by atoms with Crippen LogP contribution in [0.5, 0.6) is 0 Å². The van der Waals surface area contributed by atoms with Crippen molar-refractivity contribution < 1.29 is 9.21 Å². The van der Waals surface area contributed by atoms with Crippen molar-refractivity contribution in [3.63, 3.8) is 0 Å². The number of urea groups is 1. The Hall–Kier alpha value is -2.76. The summed E-state index contributed by atoms with van der Waals surface area (Å²) in [5.41, 5.74) is 2.12. The lowest BCUT2D eigenvalue weighted by molar-refractivity contribution is 0.240. The van der Waals surface area contributed by atoms with Gasteiger partial charge in [0.2, 0.25) is 0 Å². The smallest absolute Gasteiger partial charge is 0.314 e. The van der Waals surface area contributed by atoms with E-state index in [9.17, 15) is 4.79 Å². The number of para-hydroxylation sites is 1. The third kappa shape index (κ3) is 5.11. The van der Waals surface area contributed by atoms with Crippen molar-refractivity contribution >= 4 is 17.0 Å². The monoisotopic (exact) mass is 340 g/mol. The van der Waals surface area contributed by atoms with E-state index in [4.69, 9.17) is 4.42 Å². The van der Waals surface area contributed by atoms with Gasteiger partial charge in [-0.05, 0) is 37.0 Å². The second kappa shape index (κ2) is 8.37. The Morgan fingerprint density at radius 2 is 2.00 bits per heavy atom. The number of carbonyl (C=O) groups is 1. The SMILES string of the molecule is Cn1cc(CCCCNC(=O)NCCc2cc3ccccc3o2)cn1. The summed E-state index contributed by atoms with van der Waals surface area (Å²) in [5, 5.41) is 11.0. The number of carbonyl (C=O) groups excluding carboxylic acids is 1. The van der Waals surface area contributed by atoms with E-state index in [0.29, 0.717) is 19.5 Å². The Morgan fingerprint density at radius 3 is 2.80 bits per heavy atom. The predicted molar refractivity (Wildman–Crippen MR) is 97.5 cm³/mol. The molecule has 0 atom stereocenters. The number of benzene rings is 1. The van der Waals surface area contributed by atoms with E-state index in [1.54, 1.807) is 0 Å². The lowest BCUT2D eigenvalue weighted by Gasteiger charge is -2.06. The molecule has 0 aliphatic carbocycles. The fourth-order valence-electron chi connectivity index (χ4n) is 2.78. The van der Waals surface area contributed by atoms with Gasteiger partial charge in [-0.3, -0.25) is 4.68 Å². The first-order valence-electron chi connectivity index (χ1n) is 8.67. The molecule has 0 spiro atoms. The Labute approximate surface area is 147 Å². The average Bonchev–Trinajstić information content (AvgIpc) is 3.20. The summed E-state index contributed by atoms with van der Waals surface area (Å²) < 4.78 is 7.54. The fraction of sp³-hybridized carbons (Fsp3) is 0.368. The number of nitrogens with one attached hydrogen (secondary N) is 2. The molecule has 0 unspecified atom stereocenters. The van der Waals surface area contributed by atoms with Crippen LogP contribution in [0.2, 0.25) is 0 Å². The summed E-state index contributed by atoms with van der Waals surface area (Å²) in [5.74, 6) is 0.887. The summed E-state index contributed by atoms with van der Waals surface area (Å²) >= 11 is 0. The molecule has 0 aliphatic heterocycles. The quantitative estimate of drug-likeness (QED) is 0.619. The van der Waals surface area contributed by atoms with Gasteiger partial charge in [0.1, 0.15) is 11.3 Å². The normalized spacial score (nSPS) is 10.9. The van der Waals surface area contributed by atoms with E-state index in [-0.39, 0.29) is 6.03 Å². The molecular weight excluding hydrogens is 316 g/mol. The van der Waals surface area contributed by atoms with Gasteiger partial charge in [0.25, 0.3) is 0 Å². The first-order valence-corrected chi connectivity index (χ1v) is 8.67. The number of amides is 2. The number of hydrogen-bond acceptors (Lipinski definition) is 3. The number of aromatic nitrogens is 2. The van der Waals surface area contributed by atoms with Crippen LogP contribution in [0.15, 0.2) is 47.1 Å². The van der Waals surface area contributed by atoms with E-state index in [0.717, 1.165) is 36.0 Å². The zero-order valence-electron chi connectivity index (χ0n) is 14.5. The maximum absolute atomic E-state index is 11.8. The second-order valence-electron chi connectivity index (χ2n) is 6.16. The summed E-state index contributed by atoms with van der Waals surface area (Å²) in [6, 6.07) is 9.81. The number of nitrogens with zero attached hydrogens (tertiary/aromatic N) is 2. The third-order valence-electron chi connectivity index (χ3n) is 4.07. The molecule has 0 radical (unpaired) electrons. The van der Waals surface area contributed by atoms with E-state index in [1.165, 1.54) is 5.56 Å². The number of fused-ring (bicyclic) bond motifs is 1. The van der Waals surface area contributed by atoms with Gasteiger partial charge < -0.3 is 15.1 Å². The first-order chi connectivity index (χ1) is 12.2. The van der Waals surface area contributed by atoms with Crippen molar-refractivity contribution in [3.8, 4) is 0 Å². The first kappa shape index (κ1) is 17.1. The van der Waals surface area contributed by atoms with Gasteiger partial charge in [-0.25, -0.2) is 4.79 Å². The zero-order chi connectivity index (χ0) is 17.5. The van der Waals surface area contributed by atoms with Crippen LogP contribution in [-0.4, -0.2) is 28.9 Å². The Balaban J connectivity index is 1.27. The summed E-state index contributed by atoms with van der Waals surface area (Å²) in [6.07, 6.45) is 7.57. The van der Waals surface area contributed by atoms with Crippen LogP contribution in [0.3, 0.4) is 0 Å². The summed E-state index contributed by atoms with van der Waals surface area (Å²) in [7, 11) is 1.92. The summed E-state index contributed by atoms with van der Waals surface area (Å²) in [6.45, 7) is 1.23. The zero-order valence-corrected chi connectivity index (χ0v) is 14.5. The topological polar surface area (TPSA) is 72.1 Å². The molecule has 6 heteroatoms. The fourth-order valence-corrected chi connectivity index (χ4v) is 2.78. The van der Waals surface area contributed by atoms with Gasteiger partial charge in [0, 0.05) is 38.1 Å². The van der Waals surface area contributed by atoms with Crippen molar-refractivity contribution in [1.82, 2.24) is 20.4 Å². The number of furan rings is 1. The molecule has 0 aliphatic rings. The molecule has 3 rings (SSSR count). The largest absolute Gasteiger partial charge is 0.461 e. The van der Waals surface area contributed by atoms with Gasteiger partial charge >= 0.3 is 6.03 Å². The van der Waals surface area contributed by atoms with Gasteiger partial charge in [-0.2, -0.15) is 5.10 Å². The van der Waals surface area contributed by atoms with Crippen molar-refractivity contribution in [2.24, 2.45) is 7.05 Å². The van der Waals surface area contributed by atoms with E-state index >= 15 is 0 Å². The van der Waals surface area contributed by atoms with Crippen LogP contribution in [0.4, 0.5) is 4.79 Å². The van der Waals surface area contributed by atoms with Crippen LogP contribution in [0.25, 0.3) is 11.0 Å². The average molecular weight is 340 g/mol. The van der Waals surface area contributed by atoms with Crippen LogP contribution in [0, 0.1) is 0 Å². The Morgan fingerprint density at radius 1 is 1.16 bits per heavy atom. The van der Waals surface area contributed by atoms with E-state index < -0.39 is 0 Å². The molecular formula is C19H24N4O2. The maximum atomic E-state index is 11.8. The molecule has 0 fully saturated rings. The minimum absolute atomic E-state index is 0.127. The highest BCUT2D eigenvalue weighted by Gasteiger charge is 2.04. The minimum Gasteiger partial charge on any atom is -0.461 e. The Kier molecular flexibility index (Phi) is 5.72. The van der Waals surface area contributed by atoms with Crippen LogP contribution < -0.4 is 10.6 Å². The Bertz CT molecular complexity index is 789. The van der Waals surface area contributed by atoms with Gasteiger partial charge in [0.15, 0.2) is 0 Å². The van der Waals surface area contributed by atoms with Crippen molar-refractivity contribution in [1.29, 1.82) is 0 Å². The second-order valence-corrected chi connectivity index (χ2v) is 6.16. The lowest BCUT2D eigenvalue weighted by atomic mass is 10.1. The highest BCUT2D eigenvalue weighted by atomic mass is 16.3. The molecule has 0 saturated heterocycles. The van der Waals surface area contributed by atoms with Crippen molar-refractivity contribution in [2.75, 3.05) is 13.1 Å². The molecule has 6 nitrogen and oxygen atoms in total. The number of rotatable bonds is 8. The molecule has 2 amide bonds. The highest BCUT2D eigenvalue weighted by Crippen LogP contribution is 2.18. The molecule has 3 aromatic rings. The number of unbranched alkanes of at least 4 members (excludes halogenated alkanes) is 1. The van der Waals surface area contributed by atoms with E-state index in [2.05, 4.69) is 15.7 Å². The lowest BCUT2D eigenvalue weighted by Crippen LogP contribution is -2.37. The predicted octanol–water partition coefficient (Wildman–Crippen LogP) is 3.03. The standard InChI is InChI=1S/C19H24N4O2/c1-23-14-15(13-22-23)6-4-5-10-20-19(24)21-11-9-17-12-16-7-2-3-8-18(16)25-17/h2-3,7-8,12-14H,4-6,9-11H2,1H3,(H2,20,21,24). The highest BCUT2D eigenvalue weighted by molar-refractivity contribution is 5.77. The molecule has 2 N–H and O–H groups in total. The van der Waals surface area contributed by atoms with Crippen molar-refractivity contribution in [2.45, 2.75) is 25.7 Å². The molecule has 0 bridgehead atoms. The van der Waals surface area contributed by atoms with Crippen molar-refractivity contribution in [3.05, 3.63) is 54.0 Å². The van der Waals surface area contributed by atoms with E-state index in [1.807, 2.05) is 54.5 Å². The van der Waals surface area contributed by atoms with Crippen LogP contribution >= 0.6 is 0 Å². The van der Waals surface area contributed by atoms with Gasteiger partial charge in [-0.15, -0.1) is 0 Å². The maximum Gasteiger partial charge on any atom is 0.314 e. The minimum atomic E-state index is -0.127. The molecule has 132 valence electrons. The number of hydrogen-bond donors (Lipinski definition) is 2. The molecule has 2 aromatic heterocycles. The van der Waals surface area contributed by atoms with Gasteiger partial charge in [0.05, 0.1) is 6.20 Å². The van der Waals surface area contributed by atoms with Crippen LogP contribution in [0.1, 0.15) is 24.2 Å². The van der Waals surface area contributed by atoms with Crippen LogP contribution in [-0.2, 0) is 19.9 Å². The third-order valence-corrected chi connectivity index (χ3v) is 4.07. The summed E-state index contributed by atoms with van der Waals surface area (Å²) in [4.78, 5) is 11.8. The number of aryl methyl sites for hydroxylation is 2. The van der Waals surface area contributed by atoms with Gasteiger partial charge in [-0.1, -0.05) is 18.2 Å². The molecule has 0 saturated carbocycles.